The van der Waals surface area contributed by atoms with E-state index >= 15 is 0 Å². The molecule has 0 bridgehead atoms. The number of ether oxygens (including phenoxy) is 1. The standard InChI is InChI=1S/C12H10N2O2/c15-11-6-7-14-10(8-16-12(14)13-11)9-4-2-1-3-5-9/h1-7,10H,8H2/t10-/m0/s1. The largest absolute Gasteiger partial charge is 0.462 e. The van der Waals surface area contributed by atoms with E-state index < -0.39 is 0 Å². The first kappa shape index (κ1) is 9.15. The van der Waals surface area contributed by atoms with Crippen molar-refractivity contribution in [2.75, 3.05) is 6.61 Å². The van der Waals surface area contributed by atoms with Gasteiger partial charge in [0.25, 0.3) is 11.6 Å². The van der Waals surface area contributed by atoms with Crippen LogP contribution in [0.15, 0.2) is 47.4 Å². The Bertz CT molecular complexity index is 563. The third-order valence-electron chi connectivity index (χ3n) is 2.69. The van der Waals surface area contributed by atoms with E-state index in [0.29, 0.717) is 12.6 Å². The van der Waals surface area contributed by atoms with Crippen molar-refractivity contribution < 1.29 is 4.74 Å². The number of nitrogens with zero attached hydrogens (tertiary/aromatic N) is 2. The molecular formula is C12H10N2O2. The lowest BCUT2D eigenvalue weighted by atomic mass is 10.1. The monoisotopic (exact) mass is 214 g/mol. The topological polar surface area (TPSA) is 44.1 Å². The quantitative estimate of drug-likeness (QED) is 0.717. The van der Waals surface area contributed by atoms with Crippen LogP contribution in [0.2, 0.25) is 0 Å². The Morgan fingerprint density at radius 3 is 2.88 bits per heavy atom. The van der Waals surface area contributed by atoms with Crippen LogP contribution in [0, 0.1) is 0 Å². The molecule has 1 atom stereocenters. The predicted octanol–water partition coefficient (Wildman–Crippen LogP) is 1.23. The minimum atomic E-state index is -0.264. The van der Waals surface area contributed by atoms with Crippen molar-refractivity contribution in [1.82, 2.24) is 9.55 Å². The van der Waals surface area contributed by atoms with Crippen molar-refractivity contribution in [2.24, 2.45) is 0 Å². The van der Waals surface area contributed by atoms with Crippen LogP contribution >= 0.6 is 0 Å². The Morgan fingerprint density at radius 1 is 1.25 bits per heavy atom. The Morgan fingerprint density at radius 2 is 2.06 bits per heavy atom. The van der Waals surface area contributed by atoms with Crippen LogP contribution in [-0.4, -0.2) is 16.2 Å². The van der Waals surface area contributed by atoms with Gasteiger partial charge >= 0.3 is 0 Å². The highest BCUT2D eigenvalue weighted by Gasteiger charge is 2.24. The van der Waals surface area contributed by atoms with Crippen molar-refractivity contribution in [2.45, 2.75) is 6.04 Å². The molecule has 1 aliphatic heterocycles. The molecule has 3 rings (SSSR count). The van der Waals surface area contributed by atoms with Crippen molar-refractivity contribution in [3.05, 3.63) is 58.5 Å². The number of rotatable bonds is 1. The maximum atomic E-state index is 11.1. The van der Waals surface area contributed by atoms with Gasteiger partial charge in [-0.15, -0.1) is 0 Å². The molecule has 0 aliphatic carbocycles. The Balaban J connectivity index is 2.07. The molecular weight excluding hydrogens is 204 g/mol. The summed E-state index contributed by atoms with van der Waals surface area (Å²) < 4.78 is 7.28. The summed E-state index contributed by atoms with van der Waals surface area (Å²) >= 11 is 0. The lowest BCUT2D eigenvalue weighted by Crippen LogP contribution is -2.11. The van der Waals surface area contributed by atoms with E-state index in [1.165, 1.54) is 6.07 Å². The molecule has 4 nitrogen and oxygen atoms in total. The van der Waals surface area contributed by atoms with Crippen LogP contribution in [0.25, 0.3) is 0 Å². The van der Waals surface area contributed by atoms with Gasteiger partial charge in [0.15, 0.2) is 0 Å². The summed E-state index contributed by atoms with van der Waals surface area (Å²) in [6.07, 6.45) is 1.73. The zero-order valence-electron chi connectivity index (χ0n) is 8.54. The lowest BCUT2D eigenvalue weighted by Gasteiger charge is -2.10. The van der Waals surface area contributed by atoms with E-state index in [9.17, 15) is 4.79 Å². The van der Waals surface area contributed by atoms with E-state index in [-0.39, 0.29) is 11.6 Å². The number of fused-ring (bicyclic) bond motifs is 1. The molecule has 0 N–H and O–H groups in total. The summed E-state index contributed by atoms with van der Waals surface area (Å²) in [6, 6.07) is 12.0. The van der Waals surface area contributed by atoms with Gasteiger partial charge in [-0.05, 0) is 5.56 Å². The molecule has 80 valence electrons. The molecule has 16 heavy (non-hydrogen) atoms. The van der Waals surface area contributed by atoms with Crippen LogP contribution in [0.1, 0.15) is 11.6 Å². The molecule has 1 aromatic carbocycles. The average molecular weight is 214 g/mol. The highest BCUT2D eigenvalue weighted by molar-refractivity contribution is 5.23. The van der Waals surface area contributed by atoms with Gasteiger partial charge in [0.05, 0.1) is 6.04 Å². The SMILES string of the molecule is O=c1ccn2c(n1)OC[C@H]2c1ccccc1. The molecule has 1 aliphatic rings. The fraction of sp³-hybridized carbons (Fsp3) is 0.167. The van der Waals surface area contributed by atoms with E-state index in [2.05, 4.69) is 4.98 Å². The summed E-state index contributed by atoms with van der Waals surface area (Å²) in [7, 11) is 0. The van der Waals surface area contributed by atoms with Crippen LogP contribution in [0.5, 0.6) is 6.01 Å². The molecule has 0 amide bonds. The van der Waals surface area contributed by atoms with Gasteiger partial charge < -0.3 is 4.74 Å². The second-order valence-corrected chi connectivity index (χ2v) is 3.69. The lowest BCUT2D eigenvalue weighted by molar-refractivity contribution is 0.331. The molecule has 1 aromatic heterocycles. The third-order valence-corrected chi connectivity index (χ3v) is 2.69. The molecule has 4 heteroatoms. The van der Waals surface area contributed by atoms with Crippen molar-refractivity contribution in [1.29, 1.82) is 0 Å². The Hall–Kier alpha value is -2.10. The van der Waals surface area contributed by atoms with Gasteiger partial charge in [0, 0.05) is 12.3 Å². The first-order chi connectivity index (χ1) is 7.84. The maximum absolute atomic E-state index is 11.1. The van der Waals surface area contributed by atoms with Crippen LogP contribution in [-0.2, 0) is 0 Å². The van der Waals surface area contributed by atoms with E-state index in [0.717, 1.165) is 5.56 Å². The van der Waals surface area contributed by atoms with Gasteiger partial charge in [-0.3, -0.25) is 9.36 Å². The first-order valence-corrected chi connectivity index (χ1v) is 5.11. The second-order valence-electron chi connectivity index (χ2n) is 3.69. The Labute approximate surface area is 92.1 Å². The predicted molar refractivity (Wildman–Crippen MR) is 58.6 cm³/mol. The van der Waals surface area contributed by atoms with Crippen molar-refractivity contribution >= 4 is 0 Å². The molecule has 2 aromatic rings. The highest BCUT2D eigenvalue weighted by atomic mass is 16.5. The third kappa shape index (κ3) is 1.39. The smallest absolute Gasteiger partial charge is 0.300 e. The number of aromatic nitrogens is 2. The summed E-state index contributed by atoms with van der Waals surface area (Å²) in [6.45, 7) is 0.528. The minimum Gasteiger partial charge on any atom is -0.462 e. The summed E-state index contributed by atoms with van der Waals surface area (Å²) in [4.78, 5) is 14.9. The minimum absolute atomic E-state index is 0.115. The van der Waals surface area contributed by atoms with E-state index in [4.69, 9.17) is 4.74 Å². The summed E-state index contributed by atoms with van der Waals surface area (Å²) in [5.41, 5.74) is 0.895. The molecule has 0 radical (unpaired) electrons. The molecule has 0 fully saturated rings. The molecule has 0 saturated heterocycles. The van der Waals surface area contributed by atoms with E-state index in [1.54, 1.807) is 6.20 Å². The Kier molecular flexibility index (Phi) is 1.99. The van der Waals surface area contributed by atoms with Gasteiger partial charge in [0.1, 0.15) is 6.61 Å². The highest BCUT2D eigenvalue weighted by Crippen LogP contribution is 2.27. The van der Waals surface area contributed by atoms with Crippen LogP contribution < -0.4 is 10.3 Å². The molecule has 0 unspecified atom stereocenters. The molecule has 2 heterocycles. The van der Waals surface area contributed by atoms with Gasteiger partial charge in [-0.2, -0.15) is 4.98 Å². The molecule has 0 spiro atoms. The van der Waals surface area contributed by atoms with Gasteiger partial charge in [-0.1, -0.05) is 30.3 Å². The van der Waals surface area contributed by atoms with E-state index in [1.807, 2.05) is 34.9 Å². The van der Waals surface area contributed by atoms with Crippen LogP contribution in [0.3, 0.4) is 0 Å². The number of hydrogen-bond acceptors (Lipinski definition) is 3. The normalized spacial score (nSPS) is 17.9. The maximum Gasteiger partial charge on any atom is 0.300 e. The average Bonchev–Trinajstić information content (AvgIpc) is 2.73. The number of benzene rings is 1. The van der Waals surface area contributed by atoms with Gasteiger partial charge in [-0.25, -0.2) is 0 Å². The first-order valence-electron chi connectivity index (χ1n) is 5.11. The second kappa shape index (κ2) is 3.48. The fourth-order valence-corrected chi connectivity index (χ4v) is 1.91. The zero-order chi connectivity index (χ0) is 11.0. The summed E-state index contributed by atoms with van der Waals surface area (Å²) in [5.74, 6) is 0. The zero-order valence-corrected chi connectivity index (χ0v) is 8.54. The number of hydrogen-bond donors (Lipinski definition) is 0. The van der Waals surface area contributed by atoms with Crippen molar-refractivity contribution in [3.63, 3.8) is 0 Å². The summed E-state index contributed by atoms with van der Waals surface area (Å²) in [5, 5.41) is 0. The van der Waals surface area contributed by atoms with Crippen molar-refractivity contribution in [3.8, 4) is 6.01 Å². The molecule has 0 saturated carbocycles. The van der Waals surface area contributed by atoms with Crippen LogP contribution in [0.4, 0.5) is 0 Å². The van der Waals surface area contributed by atoms with Gasteiger partial charge in [0.2, 0.25) is 0 Å². The fourth-order valence-electron chi connectivity index (χ4n) is 1.91.